The number of aliphatic hydroxyl groups is 1. The number of nitrogens with one attached hydrogen (secondary N) is 1. The minimum Gasteiger partial charge on any atom is -0.387 e. The Kier molecular flexibility index (Phi) is 2.86. The zero-order valence-electron chi connectivity index (χ0n) is 10.5. The topological polar surface area (TPSA) is 49.3 Å². The molecule has 0 atom stereocenters. The van der Waals surface area contributed by atoms with E-state index in [-0.39, 0.29) is 5.91 Å². The molecule has 1 fully saturated rings. The summed E-state index contributed by atoms with van der Waals surface area (Å²) in [7, 11) is 0. The van der Waals surface area contributed by atoms with Gasteiger partial charge in [0.25, 0.3) is 0 Å². The molecule has 1 saturated carbocycles. The highest BCUT2D eigenvalue weighted by molar-refractivity contribution is 5.76. The third-order valence-corrected chi connectivity index (χ3v) is 3.94. The van der Waals surface area contributed by atoms with E-state index in [0.717, 1.165) is 0 Å². The molecule has 2 N–H and O–H groups in total. The van der Waals surface area contributed by atoms with E-state index in [4.69, 9.17) is 0 Å². The van der Waals surface area contributed by atoms with Crippen LogP contribution >= 0.6 is 0 Å². The first-order valence-electron chi connectivity index (χ1n) is 6.70. The van der Waals surface area contributed by atoms with Crippen LogP contribution in [0.1, 0.15) is 30.4 Å². The molecule has 18 heavy (non-hydrogen) atoms. The number of fused-ring (bicyclic) bond motifs is 1. The molecule has 1 aromatic rings. The maximum absolute atomic E-state index is 11.6. The van der Waals surface area contributed by atoms with Gasteiger partial charge in [-0.2, -0.15) is 0 Å². The first-order chi connectivity index (χ1) is 8.65. The predicted octanol–water partition coefficient (Wildman–Crippen LogP) is 1.43. The quantitative estimate of drug-likeness (QED) is 0.843. The summed E-state index contributed by atoms with van der Waals surface area (Å²) in [5.74, 6) is 0.683. The van der Waals surface area contributed by atoms with Gasteiger partial charge in [0, 0.05) is 25.8 Å². The van der Waals surface area contributed by atoms with Crippen molar-refractivity contribution in [2.75, 3.05) is 6.54 Å². The fourth-order valence-corrected chi connectivity index (χ4v) is 2.72. The van der Waals surface area contributed by atoms with Gasteiger partial charge in [-0.05, 0) is 29.9 Å². The first kappa shape index (κ1) is 11.7. The van der Waals surface area contributed by atoms with Crippen molar-refractivity contribution in [1.29, 1.82) is 0 Å². The molecule has 3 rings (SSSR count). The van der Waals surface area contributed by atoms with Crippen LogP contribution in [0.4, 0.5) is 0 Å². The van der Waals surface area contributed by atoms with Gasteiger partial charge in [-0.3, -0.25) is 4.79 Å². The lowest BCUT2D eigenvalue weighted by molar-refractivity contribution is -0.122. The molecule has 3 nitrogen and oxygen atoms in total. The second kappa shape index (κ2) is 4.39. The van der Waals surface area contributed by atoms with E-state index in [9.17, 15) is 9.90 Å². The van der Waals surface area contributed by atoms with Crippen LogP contribution in [0.2, 0.25) is 0 Å². The largest absolute Gasteiger partial charge is 0.387 e. The number of benzene rings is 1. The molecule has 0 unspecified atom stereocenters. The van der Waals surface area contributed by atoms with Crippen molar-refractivity contribution < 1.29 is 9.90 Å². The summed E-state index contributed by atoms with van der Waals surface area (Å²) in [6.07, 6.45) is 4.29. The Balaban J connectivity index is 1.55. The van der Waals surface area contributed by atoms with Gasteiger partial charge in [-0.1, -0.05) is 24.3 Å². The van der Waals surface area contributed by atoms with Crippen LogP contribution in [-0.4, -0.2) is 23.2 Å². The molecular weight excluding hydrogens is 226 g/mol. The van der Waals surface area contributed by atoms with Crippen molar-refractivity contribution in [2.45, 2.75) is 37.7 Å². The van der Waals surface area contributed by atoms with Gasteiger partial charge >= 0.3 is 0 Å². The number of carbonyl (C=O) groups is 1. The molecule has 0 bridgehead atoms. The zero-order chi connectivity index (χ0) is 12.6. The van der Waals surface area contributed by atoms with Crippen molar-refractivity contribution in [3.05, 3.63) is 35.4 Å². The van der Waals surface area contributed by atoms with Crippen LogP contribution in [0, 0.1) is 5.92 Å². The molecule has 0 spiro atoms. The molecular formula is C15H19NO2. The highest BCUT2D eigenvalue weighted by Crippen LogP contribution is 2.32. The highest BCUT2D eigenvalue weighted by atomic mass is 16.3. The van der Waals surface area contributed by atoms with Gasteiger partial charge in [0.1, 0.15) is 0 Å². The molecule has 2 aliphatic rings. The average Bonchev–Trinajstić information content (AvgIpc) is 3.07. The maximum atomic E-state index is 11.6. The van der Waals surface area contributed by atoms with E-state index in [0.29, 0.717) is 31.7 Å². The fourth-order valence-electron chi connectivity index (χ4n) is 2.72. The molecule has 0 saturated heterocycles. The van der Waals surface area contributed by atoms with Crippen LogP contribution in [-0.2, 0) is 17.6 Å². The van der Waals surface area contributed by atoms with E-state index in [1.807, 2.05) is 12.1 Å². The molecule has 0 aliphatic heterocycles. The summed E-state index contributed by atoms with van der Waals surface area (Å²) in [5.41, 5.74) is 1.62. The molecule has 1 amide bonds. The Bertz CT molecular complexity index is 440. The van der Waals surface area contributed by atoms with E-state index in [1.165, 1.54) is 24.0 Å². The first-order valence-corrected chi connectivity index (χ1v) is 6.70. The van der Waals surface area contributed by atoms with Crippen LogP contribution < -0.4 is 5.32 Å². The lowest BCUT2D eigenvalue weighted by Crippen LogP contribution is -2.43. The Hall–Kier alpha value is -1.35. The smallest absolute Gasteiger partial charge is 0.220 e. The number of hydrogen-bond acceptors (Lipinski definition) is 2. The minimum atomic E-state index is -0.789. The van der Waals surface area contributed by atoms with E-state index < -0.39 is 5.60 Å². The monoisotopic (exact) mass is 245 g/mol. The third kappa shape index (κ3) is 2.56. The molecule has 0 heterocycles. The Labute approximate surface area is 107 Å². The summed E-state index contributed by atoms with van der Waals surface area (Å²) < 4.78 is 0. The van der Waals surface area contributed by atoms with Crippen molar-refractivity contribution in [2.24, 2.45) is 5.92 Å². The van der Waals surface area contributed by atoms with E-state index >= 15 is 0 Å². The maximum Gasteiger partial charge on any atom is 0.220 e. The second-order valence-electron chi connectivity index (χ2n) is 5.77. The molecule has 0 radical (unpaired) electrons. The Morgan fingerprint density at radius 1 is 1.28 bits per heavy atom. The van der Waals surface area contributed by atoms with E-state index in [1.54, 1.807) is 0 Å². The second-order valence-corrected chi connectivity index (χ2v) is 5.77. The van der Waals surface area contributed by atoms with Gasteiger partial charge < -0.3 is 10.4 Å². The van der Waals surface area contributed by atoms with Crippen molar-refractivity contribution in [3.63, 3.8) is 0 Å². The van der Waals surface area contributed by atoms with Gasteiger partial charge in [0.15, 0.2) is 0 Å². The van der Waals surface area contributed by atoms with Crippen molar-refractivity contribution in [3.8, 4) is 0 Å². The number of amides is 1. The summed E-state index contributed by atoms with van der Waals surface area (Å²) in [6.45, 7) is 0.368. The summed E-state index contributed by atoms with van der Waals surface area (Å²) >= 11 is 0. The standard InChI is InChI=1S/C15H19NO2/c17-14(7-11-5-6-11)16-10-15(18)8-12-3-1-2-4-13(12)9-15/h1-4,11,18H,5-10H2,(H,16,17). The molecule has 3 heteroatoms. The zero-order valence-corrected chi connectivity index (χ0v) is 10.5. The lowest BCUT2D eigenvalue weighted by atomic mass is 10.0. The fraction of sp³-hybridized carbons (Fsp3) is 0.533. The summed E-state index contributed by atoms with van der Waals surface area (Å²) in [5, 5.41) is 13.4. The number of carbonyl (C=O) groups excluding carboxylic acids is 1. The lowest BCUT2D eigenvalue weighted by Gasteiger charge is -2.22. The summed E-state index contributed by atoms with van der Waals surface area (Å²) in [6, 6.07) is 8.10. The normalized spacial score (nSPS) is 20.5. The van der Waals surface area contributed by atoms with Crippen LogP contribution in [0.15, 0.2) is 24.3 Å². The minimum absolute atomic E-state index is 0.0851. The van der Waals surface area contributed by atoms with Crippen molar-refractivity contribution in [1.82, 2.24) is 5.32 Å². The van der Waals surface area contributed by atoms with Gasteiger partial charge in [0.05, 0.1) is 5.60 Å². The van der Waals surface area contributed by atoms with Crippen molar-refractivity contribution >= 4 is 5.91 Å². The summed E-state index contributed by atoms with van der Waals surface area (Å²) in [4.78, 5) is 11.6. The van der Waals surface area contributed by atoms with Gasteiger partial charge in [-0.25, -0.2) is 0 Å². The van der Waals surface area contributed by atoms with Gasteiger partial charge in [-0.15, -0.1) is 0 Å². The van der Waals surface area contributed by atoms with Crippen LogP contribution in [0.25, 0.3) is 0 Å². The number of rotatable bonds is 4. The number of hydrogen-bond donors (Lipinski definition) is 2. The highest BCUT2D eigenvalue weighted by Gasteiger charge is 2.35. The van der Waals surface area contributed by atoms with Crippen LogP contribution in [0.3, 0.4) is 0 Å². The molecule has 96 valence electrons. The van der Waals surface area contributed by atoms with Crippen LogP contribution in [0.5, 0.6) is 0 Å². The predicted molar refractivity (Wildman–Crippen MR) is 69.2 cm³/mol. The average molecular weight is 245 g/mol. The van der Waals surface area contributed by atoms with E-state index in [2.05, 4.69) is 17.4 Å². The Morgan fingerprint density at radius 2 is 1.89 bits per heavy atom. The van der Waals surface area contributed by atoms with Gasteiger partial charge in [0.2, 0.25) is 5.91 Å². The Morgan fingerprint density at radius 3 is 2.44 bits per heavy atom. The molecule has 1 aromatic carbocycles. The molecule has 0 aromatic heterocycles. The molecule has 2 aliphatic carbocycles. The third-order valence-electron chi connectivity index (χ3n) is 3.94. The SMILES string of the molecule is O=C(CC1CC1)NCC1(O)Cc2ccccc2C1.